The number of carbonyl (C=O) groups is 2. The number of hydrogen-bond donors (Lipinski definition) is 2. The summed E-state index contributed by atoms with van der Waals surface area (Å²) >= 11 is 0. The van der Waals surface area contributed by atoms with Crippen molar-refractivity contribution in [3.05, 3.63) is 47.8 Å². The van der Waals surface area contributed by atoms with Crippen molar-refractivity contribution < 1.29 is 19.1 Å². The summed E-state index contributed by atoms with van der Waals surface area (Å²) < 4.78 is 12.5. The van der Waals surface area contributed by atoms with Crippen LogP contribution in [0.3, 0.4) is 0 Å². The number of nitrogens with one attached hydrogen (secondary N) is 2. The quantitative estimate of drug-likeness (QED) is 0.728. The Morgan fingerprint density at radius 2 is 2.13 bits per heavy atom. The molecule has 1 aliphatic carbocycles. The van der Waals surface area contributed by atoms with E-state index in [2.05, 4.69) is 15.7 Å². The molecule has 2 aliphatic rings. The monoisotopic (exact) mass is 412 g/mol. The number of ether oxygens (including phenoxy) is 2. The number of hydrogen-bond acceptors (Lipinski definition) is 5. The predicted octanol–water partition coefficient (Wildman–Crippen LogP) is 3.16. The van der Waals surface area contributed by atoms with Crippen LogP contribution < -0.4 is 10.6 Å². The third kappa shape index (κ3) is 5.18. The smallest absolute Gasteiger partial charge is 0.407 e. The average Bonchev–Trinajstić information content (AvgIpc) is 3.39. The molecule has 1 saturated carbocycles. The average molecular weight is 412 g/mol. The molecule has 1 aromatic carbocycles. The number of amides is 2. The van der Waals surface area contributed by atoms with Crippen molar-refractivity contribution in [3.63, 3.8) is 0 Å². The van der Waals surface area contributed by atoms with E-state index in [1.54, 1.807) is 23.1 Å². The zero-order valence-electron chi connectivity index (χ0n) is 17.2. The first-order valence-corrected chi connectivity index (χ1v) is 10.6. The summed E-state index contributed by atoms with van der Waals surface area (Å²) in [5, 5.41) is 9.97. The number of aromatic nitrogens is 2. The van der Waals surface area contributed by atoms with Crippen LogP contribution >= 0.6 is 0 Å². The Kier molecular flexibility index (Phi) is 6.32. The molecule has 4 rings (SSSR count). The predicted molar refractivity (Wildman–Crippen MR) is 111 cm³/mol. The first kappa shape index (κ1) is 20.4. The highest BCUT2D eigenvalue weighted by atomic mass is 16.5. The summed E-state index contributed by atoms with van der Waals surface area (Å²) in [6, 6.07) is 7.59. The molecule has 2 fully saturated rings. The minimum Gasteiger partial charge on any atom is -0.449 e. The molecular weight excluding hydrogens is 384 g/mol. The molecule has 2 amide bonds. The van der Waals surface area contributed by atoms with Gasteiger partial charge in [-0.05, 0) is 49.8 Å². The van der Waals surface area contributed by atoms with Crippen molar-refractivity contribution in [3.8, 4) is 0 Å². The molecule has 2 heterocycles. The van der Waals surface area contributed by atoms with Crippen LogP contribution in [0.2, 0.25) is 0 Å². The Balaban J connectivity index is 1.27. The van der Waals surface area contributed by atoms with Crippen molar-refractivity contribution in [2.75, 3.05) is 25.1 Å². The van der Waals surface area contributed by atoms with Crippen LogP contribution in [0.15, 0.2) is 36.7 Å². The zero-order chi connectivity index (χ0) is 20.9. The van der Waals surface area contributed by atoms with Crippen LogP contribution in [0.25, 0.3) is 0 Å². The van der Waals surface area contributed by atoms with Gasteiger partial charge in [-0.25, -0.2) is 4.79 Å². The third-order valence-corrected chi connectivity index (χ3v) is 5.68. The summed E-state index contributed by atoms with van der Waals surface area (Å²) in [4.78, 5) is 24.6. The Morgan fingerprint density at radius 1 is 1.30 bits per heavy atom. The molecule has 8 heteroatoms. The Morgan fingerprint density at radius 3 is 2.90 bits per heavy atom. The van der Waals surface area contributed by atoms with Crippen molar-refractivity contribution in [2.24, 2.45) is 5.92 Å². The normalized spacial score (nSPS) is 21.1. The lowest BCUT2D eigenvalue weighted by molar-refractivity contribution is 0.0379. The zero-order valence-corrected chi connectivity index (χ0v) is 17.2. The van der Waals surface area contributed by atoms with Crippen molar-refractivity contribution >= 4 is 17.7 Å². The summed E-state index contributed by atoms with van der Waals surface area (Å²) in [6.45, 7) is 4.66. The van der Waals surface area contributed by atoms with E-state index in [0.717, 1.165) is 44.6 Å². The van der Waals surface area contributed by atoms with Gasteiger partial charge in [-0.1, -0.05) is 12.1 Å². The fourth-order valence-electron chi connectivity index (χ4n) is 3.74. The Bertz CT molecular complexity index is 891. The first-order valence-electron chi connectivity index (χ1n) is 10.6. The second-order valence-electron chi connectivity index (χ2n) is 7.91. The molecule has 2 atom stereocenters. The Hall–Kier alpha value is -2.87. The second-order valence-corrected chi connectivity index (χ2v) is 7.91. The SMILES string of the molecule is CCn1cc(NC(=O)c2cccc([C@@H]3C[C@H]3NC(=O)OCC3CCOCC3)c2)cn1. The van der Waals surface area contributed by atoms with E-state index in [9.17, 15) is 9.59 Å². The van der Waals surface area contributed by atoms with E-state index in [1.165, 1.54) is 0 Å². The molecule has 0 bridgehead atoms. The molecule has 0 unspecified atom stereocenters. The number of carbonyl (C=O) groups excluding carboxylic acids is 2. The van der Waals surface area contributed by atoms with Gasteiger partial charge in [0.2, 0.25) is 0 Å². The standard InChI is InChI=1S/C22H28N4O4/c1-2-26-13-18(12-23-26)24-21(27)17-5-3-4-16(10-17)19-11-20(19)25-22(28)30-14-15-6-8-29-9-7-15/h3-5,10,12-13,15,19-20H,2,6-9,11,14H2,1H3,(H,24,27)(H,25,28)/t19-,20+/m0/s1. The summed E-state index contributed by atoms with van der Waals surface area (Å²) in [5.41, 5.74) is 2.30. The van der Waals surface area contributed by atoms with Crippen LogP contribution in [0.4, 0.5) is 10.5 Å². The minimum atomic E-state index is -0.365. The largest absolute Gasteiger partial charge is 0.449 e. The lowest BCUT2D eigenvalue weighted by Crippen LogP contribution is -2.30. The lowest BCUT2D eigenvalue weighted by Gasteiger charge is -2.21. The lowest BCUT2D eigenvalue weighted by atomic mass is 10.0. The minimum absolute atomic E-state index is 0.0493. The highest BCUT2D eigenvalue weighted by Gasteiger charge is 2.40. The summed E-state index contributed by atoms with van der Waals surface area (Å²) in [7, 11) is 0. The summed E-state index contributed by atoms with van der Waals surface area (Å²) in [5.74, 6) is 0.420. The fourth-order valence-corrected chi connectivity index (χ4v) is 3.74. The van der Waals surface area contributed by atoms with E-state index in [0.29, 0.717) is 23.8 Å². The van der Waals surface area contributed by atoms with Crippen LogP contribution in [0.5, 0.6) is 0 Å². The maximum atomic E-state index is 12.6. The van der Waals surface area contributed by atoms with Gasteiger partial charge < -0.3 is 20.1 Å². The molecule has 160 valence electrons. The van der Waals surface area contributed by atoms with Gasteiger partial charge in [-0.2, -0.15) is 5.10 Å². The van der Waals surface area contributed by atoms with Crippen molar-refractivity contribution in [2.45, 2.75) is 44.7 Å². The number of anilines is 1. The molecular formula is C22H28N4O4. The van der Waals surface area contributed by atoms with E-state index in [1.807, 2.05) is 25.1 Å². The topological polar surface area (TPSA) is 94.5 Å². The van der Waals surface area contributed by atoms with E-state index in [4.69, 9.17) is 9.47 Å². The molecule has 1 aliphatic heterocycles. The van der Waals surface area contributed by atoms with Crippen LogP contribution in [0, 0.1) is 5.92 Å². The molecule has 1 aromatic heterocycles. The van der Waals surface area contributed by atoms with Gasteiger partial charge >= 0.3 is 6.09 Å². The number of nitrogens with zero attached hydrogens (tertiary/aromatic N) is 2. The maximum absolute atomic E-state index is 12.6. The molecule has 0 spiro atoms. The van der Waals surface area contributed by atoms with E-state index >= 15 is 0 Å². The fraction of sp³-hybridized carbons (Fsp3) is 0.500. The number of benzene rings is 1. The molecule has 2 aromatic rings. The van der Waals surface area contributed by atoms with Gasteiger partial charge in [-0.3, -0.25) is 9.48 Å². The Labute approximate surface area is 175 Å². The summed E-state index contributed by atoms with van der Waals surface area (Å²) in [6.07, 6.45) is 5.80. The highest BCUT2D eigenvalue weighted by Crippen LogP contribution is 2.41. The maximum Gasteiger partial charge on any atom is 0.407 e. The van der Waals surface area contributed by atoms with Gasteiger partial charge in [0, 0.05) is 43.5 Å². The number of aryl methyl sites for hydroxylation is 1. The van der Waals surface area contributed by atoms with Gasteiger partial charge in [0.25, 0.3) is 5.91 Å². The molecule has 8 nitrogen and oxygen atoms in total. The second kappa shape index (κ2) is 9.30. The molecule has 1 saturated heterocycles. The van der Waals surface area contributed by atoms with Crippen LogP contribution in [0.1, 0.15) is 48.0 Å². The third-order valence-electron chi connectivity index (χ3n) is 5.68. The van der Waals surface area contributed by atoms with E-state index in [-0.39, 0.29) is 24.0 Å². The van der Waals surface area contributed by atoms with Crippen molar-refractivity contribution in [1.29, 1.82) is 0 Å². The molecule has 2 N–H and O–H groups in total. The number of rotatable bonds is 7. The van der Waals surface area contributed by atoms with Gasteiger partial charge in [0.05, 0.1) is 18.5 Å². The first-order chi connectivity index (χ1) is 14.6. The van der Waals surface area contributed by atoms with Crippen molar-refractivity contribution in [1.82, 2.24) is 15.1 Å². The number of alkyl carbamates (subject to hydrolysis) is 1. The van der Waals surface area contributed by atoms with Gasteiger partial charge in [-0.15, -0.1) is 0 Å². The molecule has 0 radical (unpaired) electrons. The molecule has 30 heavy (non-hydrogen) atoms. The highest BCUT2D eigenvalue weighted by molar-refractivity contribution is 6.04. The van der Waals surface area contributed by atoms with Crippen LogP contribution in [-0.2, 0) is 16.0 Å². The van der Waals surface area contributed by atoms with Crippen LogP contribution in [-0.4, -0.2) is 47.6 Å². The van der Waals surface area contributed by atoms with Gasteiger partial charge in [0.15, 0.2) is 0 Å². The van der Waals surface area contributed by atoms with Gasteiger partial charge in [0.1, 0.15) is 0 Å². The van der Waals surface area contributed by atoms with E-state index < -0.39 is 0 Å².